The van der Waals surface area contributed by atoms with E-state index in [1.165, 1.54) is 0 Å². The Bertz CT molecular complexity index is 465. The molecule has 0 aliphatic heterocycles. The minimum atomic E-state index is 0.550. The van der Waals surface area contributed by atoms with Crippen molar-refractivity contribution in [3.05, 3.63) is 16.5 Å². The van der Waals surface area contributed by atoms with E-state index in [4.69, 9.17) is 5.73 Å². The average Bonchev–Trinajstić information content (AvgIpc) is 2.71. The topological polar surface area (TPSA) is 72.5 Å². The van der Waals surface area contributed by atoms with Gasteiger partial charge in [-0.1, -0.05) is 6.92 Å². The molecule has 0 saturated carbocycles. The molecule has 0 spiro atoms. The summed E-state index contributed by atoms with van der Waals surface area (Å²) in [5.74, 6) is 0.550. The maximum absolute atomic E-state index is 5.75. The van der Waals surface area contributed by atoms with Gasteiger partial charge in [0.2, 0.25) is 0 Å². The third-order valence-electron chi connectivity index (χ3n) is 2.33. The van der Waals surface area contributed by atoms with Crippen LogP contribution in [0.3, 0.4) is 0 Å². The first-order valence-electron chi connectivity index (χ1n) is 4.65. The molecule has 0 bridgehead atoms. The van der Waals surface area contributed by atoms with Crippen molar-refractivity contribution in [1.82, 2.24) is 19.7 Å². The number of rotatable bonds is 2. The minimum absolute atomic E-state index is 0.550. The molecular weight excluding hydrogens is 258 g/mol. The summed E-state index contributed by atoms with van der Waals surface area (Å²) in [5.41, 5.74) is 8.51. The Morgan fingerprint density at radius 1 is 1.60 bits per heavy atom. The number of aromatic nitrogens is 4. The van der Waals surface area contributed by atoms with Crippen LogP contribution < -0.4 is 5.73 Å². The molecule has 2 aromatic rings. The Kier molecular flexibility index (Phi) is 2.52. The number of imidazole rings is 1. The predicted molar refractivity (Wildman–Crippen MR) is 62.3 cm³/mol. The molecular formula is C9H12BrN5. The highest BCUT2D eigenvalue weighted by atomic mass is 79.9. The van der Waals surface area contributed by atoms with Crippen molar-refractivity contribution in [3.8, 4) is 11.4 Å². The molecule has 3 N–H and O–H groups in total. The second kappa shape index (κ2) is 3.69. The number of hydrogen-bond donors (Lipinski definition) is 2. The third-order valence-corrected chi connectivity index (χ3v) is 3.07. The van der Waals surface area contributed by atoms with Gasteiger partial charge in [0.15, 0.2) is 4.73 Å². The molecule has 0 aromatic carbocycles. The minimum Gasteiger partial charge on any atom is -0.382 e. The van der Waals surface area contributed by atoms with Crippen molar-refractivity contribution >= 4 is 21.7 Å². The van der Waals surface area contributed by atoms with Gasteiger partial charge in [0.05, 0.1) is 5.69 Å². The van der Waals surface area contributed by atoms with Gasteiger partial charge in [-0.25, -0.2) is 4.98 Å². The first-order valence-corrected chi connectivity index (χ1v) is 5.44. The zero-order valence-corrected chi connectivity index (χ0v) is 10.2. The van der Waals surface area contributed by atoms with E-state index in [1.54, 1.807) is 0 Å². The molecule has 5 nitrogen and oxygen atoms in total. The van der Waals surface area contributed by atoms with Crippen molar-refractivity contribution in [2.45, 2.75) is 13.3 Å². The molecule has 2 rings (SSSR count). The van der Waals surface area contributed by atoms with Crippen LogP contribution in [0.4, 0.5) is 5.82 Å². The van der Waals surface area contributed by atoms with Crippen LogP contribution in [0.25, 0.3) is 11.4 Å². The molecule has 0 saturated heterocycles. The lowest BCUT2D eigenvalue weighted by atomic mass is 10.1. The molecule has 0 atom stereocenters. The summed E-state index contributed by atoms with van der Waals surface area (Å²) in [6.07, 6.45) is 2.77. The second-order valence-electron chi connectivity index (χ2n) is 3.32. The highest BCUT2D eigenvalue weighted by molar-refractivity contribution is 9.10. The maximum Gasteiger partial charge on any atom is 0.177 e. The summed E-state index contributed by atoms with van der Waals surface area (Å²) in [7, 11) is 1.92. The molecule has 6 heteroatoms. The number of nitrogen functional groups attached to an aromatic ring is 1. The molecule has 15 heavy (non-hydrogen) atoms. The molecule has 0 amide bonds. The molecule has 0 radical (unpaired) electrons. The highest BCUT2D eigenvalue weighted by Gasteiger charge is 2.14. The zero-order chi connectivity index (χ0) is 11.0. The first kappa shape index (κ1) is 10.2. The number of hydrogen-bond acceptors (Lipinski definition) is 3. The Balaban J connectivity index is 2.53. The number of anilines is 1. The largest absolute Gasteiger partial charge is 0.382 e. The molecule has 0 aliphatic carbocycles. The Morgan fingerprint density at radius 3 is 2.87 bits per heavy atom. The summed E-state index contributed by atoms with van der Waals surface area (Å²) < 4.78 is 2.68. The van der Waals surface area contributed by atoms with Crippen LogP contribution in [-0.2, 0) is 13.5 Å². The van der Waals surface area contributed by atoms with Crippen LogP contribution in [0.1, 0.15) is 12.5 Å². The normalized spacial score (nSPS) is 10.9. The lowest BCUT2D eigenvalue weighted by molar-refractivity contribution is 0.881. The summed E-state index contributed by atoms with van der Waals surface area (Å²) in [4.78, 5) is 4.36. The quantitative estimate of drug-likeness (QED) is 0.872. The fourth-order valence-electron chi connectivity index (χ4n) is 1.51. The lowest BCUT2D eigenvalue weighted by Gasteiger charge is -1.96. The average molecular weight is 270 g/mol. The van der Waals surface area contributed by atoms with E-state index < -0.39 is 0 Å². The van der Waals surface area contributed by atoms with Gasteiger partial charge in [-0.2, -0.15) is 5.10 Å². The van der Waals surface area contributed by atoms with Gasteiger partial charge in [-0.3, -0.25) is 5.10 Å². The predicted octanol–water partition coefficient (Wildman–Crippen LogP) is 1.72. The number of nitrogens with zero attached hydrogens (tertiary/aromatic N) is 3. The van der Waals surface area contributed by atoms with Crippen LogP contribution in [0, 0.1) is 0 Å². The Hall–Kier alpha value is -1.30. The van der Waals surface area contributed by atoms with Crippen molar-refractivity contribution < 1.29 is 0 Å². The van der Waals surface area contributed by atoms with Gasteiger partial charge in [0.25, 0.3) is 0 Å². The summed E-state index contributed by atoms with van der Waals surface area (Å²) in [6.45, 7) is 2.04. The number of nitrogens with two attached hydrogens (primary N) is 1. The lowest BCUT2D eigenvalue weighted by Crippen LogP contribution is -1.90. The van der Waals surface area contributed by atoms with E-state index in [-0.39, 0.29) is 0 Å². The fraction of sp³-hybridized carbons (Fsp3) is 0.333. The van der Waals surface area contributed by atoms with Gasteiger partial charge in [-0.05, 0) is 22.4 Å². The van der Waals surface area contributed by atoms with Gasteiger partial charge in [0.1, 0.15) is 11.5 Å². The van der Waals surface area contributed by atoms with Gasteiger partial charge in [-0.15, -0.1) is 0 Å². The Morgan fingerprint density at radius 2 is 2.33 bits per heavy atom. The van der Waals surface area contributed by atoms with Crippen LogP contribution in [0.2, 0.25) is 0 Å². The second-order valence-corrected chi connectivity index (χ2v) is 4.03. The van der Waals surface area contributed by atoms with Crippen LogP contribution in [0.15, 0.2) is 10.9 Å². The third kappa shape index (κ3) is 1.65. The van der Waals surface area contributed by atoms with Crippen molar-refractivity contribution in [3.63, 3.8) is 0 Å². The monoisotopic (exact) mass is 269 g/mol. The van der Waals surface area contributed by atoms with Crippen molar-refractivity contribution in [1.29, 1.82) is 0 Å². The van der Waals surface area contributed by atoms with E-state index >= 15 is 0 Å². The maximum atomic E-state index is 5.75. The van der Waals surface area contributed by atoms with E-state index in [0.717, 1.165) is 28.1 Å². The molecule has 0 aliphatic rings. The smallest absolute Gasteiger partial charge is 0.177 e. The fourth-order valence-corrected chi connectivity index (χ4v) is 1.81. The number of aromatic amines is 1. The molecule has 0 fully saturated rings. The Labute approximate surface area is 95.8 Å². The molecule has 80 valence electrons. The van der Waals surface area contributed by atoms with Gasteiger partial charge >= 0.3 is 0 Å². The van der Waals surface area contributed by atoms with E-state index in [0.29, 0.717) is 5.82 Å². The summed E-state index contributed by atoms with van der Waals surface area (Å²) in [6, 6.07) is 0. The zero-order valence-electron chi connectivity index (χ0n) is 8.58. The molecule has 2 aromatic heterocycles. The van der Waals surface area contributed by atoms with Gasteiger partial charge in [0, 0.05) is 18.8 Å². The van der Waals surface area contributed by atoms with Crippen molar-refractivity contribution in [2.24, 2.45) is 7.05 Å². The molecule has 0 unspecified atom stereocenters. The van der Waals surface area contributed by atoms with Gasteiger partial charge < -0.3 is 10.3 Å². The summed E-state index contributed by atoms with van der Waals surface area (Å²) >= 11 is 3.35. The summed E-state index contributed by atoms with van der Waals surface area (Å²) in [5, 5.41) is 6.90. The van der Waals surface area contributed by atoms with E-state index in [2.05, 4.69) is 31.1 Å². The number of halogens is 1. The number of aryl methyl sites for hydroxylation is 1. The highest BCUT2D eigenvalue weighted by Crippen LogP contribution is 2.25. The van der Waals surface area contributed by atoms with Crippen LogP contribution in [0.5, 0.6) is 0 Å². The van der Waals surface area contributed by atoms with E-state index in [9.17, 15) is 0 Å². The van der Waals surface area contributed by atoms with Crippen molar-refractivity contribution in [2.75, 3.05) is 5.73 Å². The molecule has 2 heterocycles. The standard InChI is InChI=1S/C9H12BrN5/c1-3-5-7(13-14-8(5)11)6-4-15(2)9(10)12-6/h4H,3H2,1-2H3,(H3,11,13,14). The SMILES string of the molecule is CCc1c(N)n[nH]c1-c1cn(C)c(Br)n1. The van der Waals surface area contributed by atoms with E-state index in [1.807, 2.05) is 24.7 Å². The first-order chi connectivity index (χ1) is 7.13. The number of H-pyrrole nitrogens is 1. The van der Waals surface area contributed by atoms with Crippen LogP contribution in [-0.4, -0.2) is 19.7 Å². The van der Waals surface area contributed by atoms with Crippen LogP contribution >= 0.6 is 15.9 Å². The number of nitrogens with one attached hydrogen (secondary N) is 1.